The van der Waals surface area contributed by atoms with Crippen molar-refractivity contribution in [3.05, 3.63) is 54.0 Å². The van der Waals surface area contributed by atoms with E-state index in [0.717, 1.165) is 46.0 Å². The summed E-state index contributed by atoms with van der Waals surface area (Å²) in [7, 11) is 0. The highest BCUT2D eigenvalue weighted by molar-refractivity contribution is 6.01. The van der Waals surface area contributed by atoms with Crippen LogP contribution in [0.1, 0.15) is 18.4 Å². The van der Waals surface area contributed by atoms with Crippen LogP contribution in [-0.4, -0.2) is 26.8 Å². The first-order valence-electron chi connectivity index (χ1n) is 10.2. The standard InChI is InChI=1S/C23H22N6O2/c1-11-2-3-26-9-16(11)18-7-13-8-19(27-10-17(13)22(24)28-18)29-20(30)6-12-4-14-15(5-12)21(14)23(25)31/h2-3,6-10,14-15,21H,4-5H2,1H3,(H2,24,28)(H2,25,31)(H,27,29,30)/b12-6-/t14-,15+,21+/m1/s1. The minimum Gasteiger partial charge on any atom is -0.383 e. The number of rotatable bonds is 4. The fourth-order valence-electron chi connectivity index (χ4n) is 4.69. The lowest BCUT2D eigenvalue weighted by Crippen LogP contribution is -2.16. The maximum absolute atomic E-state index is 12.5. The summed E-state index contributed by atoms with van der Waals surface area (Å²) < 4.78 is 0. The Kier molecular flexibility index (Phi) is 4.43. The van der Waals surface area contributed by atoms with Gasteiger partial charge in [0.15, 0.2) is 0 Å². The van der Waals surface area contributed by atoms with Crippen molar-refractivity contribution in [3.63, 3.8) is 0 Å². The minimum absolute atomic E-state index is 0.0147. The van der Waals surface area contributed by atoms with Crippen LogP contribution in [0.4, 0.5) is 11.6 Å². The van der Waals surface area contributed by atoms with Crippen LogP contribution in [0.25, 0.3) is 22.0 Å². The zero-order valence-electron chi connectivity index (χ0n) is 17.0. The van der Waals surface area contributed by atoms with Gasteiger partial charge in [-0.3, -0.25) is 14.6 Å². The summed E-state index contributed by atoms with van der Waals surface area (Å²) in [6, 6.07) is 5.62. The van der Waals surface area contributed by atoms with Crippen molar-refractivity contribution in [1.82, 2.24) is 15.0 Å². The Balaban J connectivity index is 1.36. The molecule has 0 unspecified atom stereocenters. The van der Waals surface area contributed by atoms with Gasteiger partial charge in [0.2, 0.25) is 11.8 Å². The van der Waals surface area contributed by atoms with E-state index in [1.54, 1.807) is 30.7 Å². The number of nitrogens with zero attached hydrogens (tertiary/aromatic N) is 3. The molecule has 8 nitrogen and oxygen atoms in total. The first kappa shape index (κ1) is 19.2. The van der Waals surface area contributed by atoms with E-state index in [2.05, 4.69) is 20.3 Å². The molecule has 0 aromatic carbocycles. The first-order valence-corrected chi connectivity index (χ1v) is 10.2. The van der Waals surface area contributed by atoms with Crippen LogP contribution in [-0.2, 0) is 9.59 Å². The molecule has 0 radical (unpaired) electrons. The van der Waals surface area contributed by atoms with E-state index in [0.29, 0.717) is 23.5 Å². The number of hydrogen-bond donors (Lipinski definition) is 3. The number of nitrogens with two attached hydrogens (primary N) is 2. The molecule has 3 aromatic rings. The smallest absolute Gasteiger partial charge is 0.249 e. The van der Waals surface area contributed by atoms with E-state index >= 15 is 0 Å². The predicted molar refractivity (Wildman–Crippen MR) is 118 cm³/mol. The van der Waals surface area contributed by atoms with Crippen LogP contribution in [0.15, 0.2) is 48.4 Å². The molecular formula is C23H22N6O2. The summed E-state index contributed by atoms with van der Waals surface area (Å²) in [5, 5.41) is 4.37. The topological polar surface area (TPSA) is 137 Å². The van der Waals surface area contributed by atoms with Gasteiger partial charge in [-0.05, 0) is 60.7 Å². The molecule has 0 saturated heterocycles. The van der Waals surface area contributed by atoms with Gasteiger partial charge in [-0.15, -0.1) is 0 Å². The van der Waals surface area contributed by atoms with Gasteiger partial charge in [0.25, 0.3) is 0 Å². The molecule has 31 heavy (non-hydrogen) atoms. The van der Waals surface area contributed by atoms with Gasteiger partial charge in [-0.2, -0.15) is 0 Å². The quantitative estimate of drug-likeness (QED) is 0.561. The third kappa shape index (κ3) is 3.50. The lowest BCUT2D eigenvalue weighted by molar-refractivity contribution is -0.119. The molecule has 2 aliphatic carbocycles. The van der Waals surface area contributed by atoms with Crippen LogP contribution < -0.4 is 16.8 Å². The monoisotopic (exact) mass is 414 g/mol. The molecule has 2 amide bonds. The number of aryl methyl sites for hydroxylation is 1. The zero-order valence-corrected chi connectivity index (χ0v) is 17.0. The van der Waals surface area contributed by atoms with E-state index < -0.39 is 0 Å². The Hall–Kier alpha value is -3.81. The number of primary amides is 1. The number of fused-ring (bicyclic) bond motifs is 2. The number of pyridine rings is 3. The number of carbonyl (C=O) groups excluding carboxylic acids is 2. The molecule has 8 heteroatoms. The predicted octanol–water partition coefficient (Wildman–Crippen LogP) is 2.59. The van der Waals surface area contributed by atoms with Gasteiger partial charge in [-0.1, -0.05) is 5.57 Å². The second-order valence-corrected chi connectivity index (χ2v) is 8.33. The molecule has 0 spiro atoms. The zero-order chi connectivity index (χ0) is 21.7. The molecule has 5 rings (SSSR count). The highest BCUT2D eigenvalue weighted by Gasteiger charge is 2.57. The van der Waals surface area contributed by atoms with E-state index in [9.17, 15) is 9.59 Å². The van der Waals surface area contributed by atoms with Gasteiger partial charge >= 0.3 is 0 Å². The number of nitrogens with one attached hydrogen (secondary N) is 1. The van der Waals surface area contributed by atoms with Crippen molar-refractivity contribution < 1.29 is 9.59 Å². The summed E-state index contributed by atoms with van der Waals surface area (Å²) >= 11 is 0. The molecule has 2 saturated carbocycles. The summed E-state index contributed by atoms with van der Waals surface area (Å²) in [6.07, 6.45) is 8.23. The van der Waals surface area contributed by atoms with Crippen molar-refractivity contribution in [2.45, 2.75) is 19.8 Å². The van der Waals surface area contributed by atoms with Crippen LogP contribution >= 0.6 is 0 Å². The van der Waals surface area contributed by atoms with Gasteiger partial charge < -0.3 is 16.8 Å². The minimum atomic E-state index is -0.232. The summed E-state index contributed by atoms with van der Waals surface area (Å²) in [4.78, 5) is 36.8. The maximum atomic E-state index is 12.5. The number of carbonyl (C=O) groups is 2. The number of allylic oxidation sites excluding steroid dienone is 1. The number of anilines is 2. The number of aromatic nitrogens is 3. The van der Waals surface area contributed by atoms with E-state index in [1.807, 2.05) is 19.1 Å². The van der Waals surface area contributed by atoms with Gasteiger partial charge in [0.05, 0.1) is 5.69 Å². The molecule has 3 aromatic heterocycles. The van der Waals surface area contributed by atoms with Crippen molar-refractivity contribution in [3.8, 4) is 11.3 Å². The van der Waals surface area contributed by atoms with Crippen LogP contribution in [0, 0.1) is 24.7 Å². The summed E-state index contributed by atoms with van der Waals surface area (Å²) in [6.45, 7) is 1.99. The molecule has 5 N–H and O–H groups in total. The Morgan fingerprint density at radius 3 is 2.68 bits per heavy atom. The van der Waals surface area contributed by atoms with Gasteiger partial charge in [0.1, 0.15) is 11.6 Å². The second kappa shape index (κ2) is 7.16. The van der Waals surface area contributed by atoms with Crippen LogP contribution in [0.2, 0.25) is 0 Å². The molecule has 0 bridgehead atoms. The summed E-state index contributed by atoms with van der Waals surface area (Å²) in [5.74, 6) is 0.946. The number of amides is 2. The largest absolute Gasteiger partial charge is 0.383 e. The normalized spacial score (nSPS) is 23.0. The average Bonchev–Trinajstić information content (AvgIpc) is 3.24. The van der Waals surface area contributed by atoms with Crippen molar-refractivity contribution in [2.24, 2.45) is 23.5 Å². The molecule has 3 atom stereocenters. The van der Waals surface area contributed by atoms with Crippen LogP contribution in [0.5, 0.6) is 0 Å². The molecule has 0 aliphatic heterocycles. The number of hydrogen-bond acceptors (Lipinski definition) is 6. The SMILES string of the molecule is Cc1ccncc1-c1cc2cc(NC(=O)/C=C3/C[C@@H]4[C@H](C3)[C@H]4C(N)=O)ncc2c(N)n1. The molecule has 2 aliphatic rings. The third-order valence-corrected chi connectivity index (χ3v) is 6.30. The Morgan fingerprint density at radius 2 is 1.97 bits per heavy atom. The third-order valence-electron chi connectivity index (χ3n) is 6.30. The van der Waals surface area contributed by atoms with E-state index in [4.69, 9.17) is 11.5 Å². The van der Waals surface area contributed by atoms with Crippen LogP contribution in [0.3, 0.4) is 0 Å². The van der Waals surface area contributed by atoms with E-state index in [1.165, 1.54) is 0 Å². The maximum Gasteiger partial charge on any atom is 0.249 e. The Bertz CT molecular complexity index is 1250. The van der Waals surface area contributed by atoms with Gasteiger partial charge in [-0.25, -0.2) is 9.97 Å². The molecule has 156 valence electrons. The highest BCUT2D eigenvalue weighted by Crippen LogP contribution is 2.59. The average molecular weight is 414 g/mol. The van der Waals surface area contributed by atoms with Crippen molar-refractivity contribution >= 4 is 34.2 Å². The molecule has 2 fully saturated rings. The van der Waals surface area contributed by atoms with Crippen molar-refractivity contribution in [2.75, 3.05) is 11.1 Å². The van der Waals surface area contributed by atoms with E-state index in [-0.39, 0.29) is 17.7 Å². The lowest BCUT2D eigenvalue weighted by atomic mass is 10.1. The Labute approximate surface area is 178 Å². The lowest BCUT2D eigenvalue weighted by Gasteiger charge is -2.10. The summed E-state index contributed by atoms with van der Waals surface area (Å²) in [5.41, 5.74) is 15.3. The molecule has 3 heterocycles. The Morgan fingerprint density at radius 1 is 1.19 bits per heavy atom. The second-order valence-electron chi connectivity index (χ2n) is 8.33. The number of nitrogen functional groups attached to an aromatic ring is 1. The molecular weight excluding hydrogens is 392 g/mol. The fourth-order valence-corrected chi connectivity index (χ4v) is 4.69. The fraction of sp³-hybridized carbons (Fsp3) is 0.261. The highest BCUT2D eigenvalue weighted by atomic mass is 16.2. The first-order chi connectivity index (χ1) is 14.9. The van der Waals surface area contributed by atoms with Gasteiger partial charge in [0, 0.05) is 41.5 Å². The van der Waals surface area contributed by atoms with Crippen molar-refractivity contribution in [1.29, 1.82) is 0 Å².